The molecule has 5 nitrogen and oxygen atoms in total. The molecule has 0 aliphatic heterocycles. The molecule has 0 bridgehead atoms. The minimum atomic E-state index is -0.661. The quantitative estimate of drug-likeness (QED) is 0.347. The Hall–Kier alpha value is -2.96. The number of aliphatic hydroxyl groups excluding tert-OH is 3. The number of aryl methyl sites for hydroxylation is 1. The molecule has 0 unspecified atom stereocenters. The minimum absolute atomic E-state index is 0.00807. The van der Waals surface area contributed by atoms with Crippen molar-refractivity contribution < 1.29 is 15.3 Å². The fourth-order valence-corrected chi connectivity index (χ4v) is 4.60. The average Bonchev–Trinajstić information content (AvgIpc) is 3.13. The standard InChI is InChI=1S/C28H32N2O3/c1-21-12-13-26-25(18-21)27(22-8-4-2-5-9-22)28(23-10-6-3-7-11-23)30(26)20-24(33)19-29(14-16-31)15-17-32/h2-13,18,24,31-33H,14-17,19-20H2,1H3/t24-/m1/s1. The number of nitrogens with zero attached hydrogens (tertiary/aromatic N) is 2. The summed E-state index contributed by atoms with van der Waals surface area (Å²) in [5.41, 5.74) is 6.75. The molecular formula is C28H32N2O3. The zero-order valence-corrected chi connectivity index (χ0v) is 19.1. The first kappa shape index (κ1) is 23.2. The third kappa shape index (κ3) is 5.18. The molecule has 172 valence electrons. The summed E-state index contributed by atoms with van der Waals surface area (Å²) in [6.45, 7) is 3.71. The van der Waals surface area contributed by atoms with E-state index in [-0.39, 0.29) is 13.2 Å². The molecule has 1 aromatic heterocycles. The highest BCUT2D eigenvalue weighted by molar-refractivity contribution is 6.04. The van der Waals surface area contributed by atoms with E-state index in [1.807, 2.05) is 29.2 Å². The van der Waals surface area contributed by atoms with Gasteiger partial charge >= 0.3 is 0 Å². The highest BCUT2D eigenvalue weighted by Crippen LogP contribution is 2.41. The van der Waals surface area contributed by atoms with E-state index in [1.165, 1.54) is 5.56 Å². The van der Waals surface area contributed by atoms with E-state index in [0.717, 1.165) is 33.3 Å². The van der Waals surface area contributed by atoms with Crippen LogP contribution in [0.5, 0.6) is 0 Å². The normalized spacial score (nSPS) is 12.5. The van der Waals surface area contributed by atoms with Crippen LogP contribution in [0.4, 0.5) is 0 Å². The number of hydrogen-bond acceptors (Lipinski definition) is 4. The molecule has 3 aromatic carbocycles. The zero-order chi connectivity index (χ0) is 23.2. The summed E-state index contributed by atoms with van der Waals surface area (Å²) in [7, 11) is 0. The first-order valence-electron chi connectivity index (χ1n) is 11.5. The molecule has 0 aliphatic rings. The van der Waals surface area contributed by atoms with Crippen molar-refractivity contribution >= 4 is 10.9 Å². The number of fused-ring (bicyclic) bond motifs is 1. The molecule has 33 heavy (non-hydrogen) atoms. The Kier molecular flexibility index (Phi) is 7.57. The van der Waals surface area contributed by atoms with Gasteiger partial charge in [0.15, 0.2) is 0 Å². The van der Waals surface area contributed by atoms with E-state index in [2.05, 4.69) is 66.1 Å². The van der Waals surface area contributed by atoms with E-state index < -0.39 is 6.10 Å². The van der Waals surface area contributed by atoms with Crippen molar-refractivity contribution in [3.8, 4) is 22.4 Å². The SMILES string of the molecule is Cc1ccc2c(c1)c(-c1ccccc1)c(-c1ccccc1)n2C[C@H](O)CN(CCO)CCO. The summed E-state index contributed by atoms with van der Waals surface area (Å²) < 4.78 is 2.22. The zero-order valence-electron chi connectivity index (χ0n) is 19.1. The Bertz CT molecular complexity index is 1170. The van der Waals surface area contributed by atoms with Crippen molar-refractivity contribution in [2.75, 3.05) is 32.8 Å². The third-order valence-corrected chi connectivity index (χ3v) is 6.02. The van der Waals surface area contributed by atoms with E-state index in [0.29, 0.717) is 26.2 Å². The van der Waals surface area contributed by atoms with Crippen molar-refractivity contribution in [3.05, 3.63) is 84.4 Å². The average molecular weight is 445 g/mol. The number of aliphatic hydroxyl groups is 3. The molecule has 0 aliphatic carbocycles. The number of aromatic nitrogens is 1. The Morgan fingerprint density at radius 3 is 2.03 bits per heavy atom. The summed E-state index contributed by atoms with van der Waals surface area (Å²) in [5.74, 6) is 0. The topological polar surface area (TPSA) is 68.9 Å². The number of benzene rings is 3. The number of rotatable bonds is 10. The highest BCUT2D eigenvalue weighted by atomic mass is 16.3. The summed E-state index contributed by atoms with van der Waals surface area (Å²) in [5, 5.41) is 30.9. The Balaban J connectivity index is 1.87. The van der Waals surface area contributed by atoms with Crippen LogP contribution >= 0.6 is 0 Å². The van der Waals surface area contributed by atoms with Crippen LogP contribution in [-0.2, 0) is 6.54 Å². The van der Waals surface area contributed by atoms with Crippen molar-refractivity contribution in [1.82, 2.24) is 9.47 Å². The van der Waals surface area contributed by atoms with Crippen molar-refractivity contribution in [1.29, 1.82) is 0 Å². The second-order valence-corrected chi connectivity index (χ2v) is 8.49. The predicted molar refractivity (Wildman–Crippen MR) is 134 cm³/mol. The molecule has 0 fully saturated rings. The van der Waals surface area contributed by atoms with Crippen LogP contribution < -0.4 is 0 Å². The van der Waals surface area contributed by atoms with Gasteiger partial charge in [-0.25, -0.2) is 0 Å². The fourth-order valence-electron chi connectivity index (χ4n) is 4.60. The fraction of sp³-hybridized carbons (Fsp3) is 0.286. The molecule has 4 rings (SSSR count). The Labute approximate surface area is 195 Å². The lowest BCUT2D eigenvalue weighted by molar-refractivity contribution is 0.0783. The molecule has 1 heterocycles. The van der Waals surface area contributed by atoms with Crippen LogP contribution in [0.1, 0.15) is 5.56 Å². The predicted octanol–water partition coefficient (Wildman–Crippen LogP) is 3.93. The molecule has 0 radical (unpaired) electrons. The van der Waals surface area contributed by atoms with Gasteiger partial charge in [0, 0.05) is 36.1 Å². The maximum Gasteiger partial charge on any atom is 0.0846 e. The van der Waals surface area contributed by atoms with Gasteiger partial charge in [0.2, 0.25) is 0 Å². The Morgan fingerprint density at radius 1 is 0.818 bits per heavy atom. The lowest BCUT2D eigenvalue weighted by Crippen LogP contribution is -2.38. The first-order valence-corrected chi connectivity index (χ1v) is 11.5. The molecule has 0 saturated carbocycles. The van der Waals surface area contributed by atoms with E-state index in [4.69, 9.17) is 0 Å². The maximum absolute atomic E-state index is 11.1. The van der Waals surface area contributed by atoms with Gasteiger partial charge in [0.25, 0.3) is 0 Å². The lowest BCUT2D eigenvalue weighted by atomic mass is 9.98. The third-order valence-electron chi connectivity index (χ3n) is 6.02. The molecular weight excluding hydrogens is 412 g/mol. The number of hydrogen-bond donors (Lipinski definition) is 3. The second kappa shape index (κ2) is 10.8. The summed E-state index contributed by atoms with van der Waals surface area (Å²) >= 11 is 0. The van der Waals surface area contributed by atoms with Crippen molar-refractivity contribution in [3.63, 3.8) is 0 Å². The van der Waals surface area contributed by atoms with Crippen LogP contribution in [0.25, 0.3) is 33.3 Å². The van der Waals surface area contributed by atoms with Gasteiger partial charge in [-0.3, -0.25) is 4.90 Å². The lowest BCUT2D eigenvalue weighted by Gasteiger charge is -2.24. The molecule has 5 heteroatoms. The van der Waals surface area contributed by atoms with Crippen molar-refractivity contribution in [2.45, 2.75) is 19.6 Å². The summed E-state index contributed by atoms with van der Waals surface area (Å²) in [6.07, 6.45) is -0.661. The van der Waals surface area contributed by atoms with Crippen LogP contribution in [0.15, 0.2) is 78.9 Å². The summed E-state index contributed by atoms with van der Waals surface area (Å²) in [6, 6.07) is 27.2. The highest BCUT2D eigenvalue weighted by Gasteiger charge is 2.22. The van der Waals surface area contributed by atoms with Gasteiger partial charge in [-0.15, -0.1) is 0 Å². The molecule has 0 saturated heterocycles. The molecule has 3 N–H and O–H groups in total. The van der Waals surface area contributed by atoms with Gasteiger partial charge in [0.1, 0.15) is 0 Å². The first-order chi connectivity index (χ1) is 16.1. The molecule has 0 spiro atoms. The maximum atomic E-state index is 11.1. The largest absolute Gasteiger partial charge is 0.395 e. The molecule has 1 atom stereocenters. The van der Waals surface area contributed by atoms with Gasteiger partial charge in [-0.2, -0.15) is 0 Å². The van der Waals surface area contributed by atoms with Gasteiger partial charge in [0.05, 0.1) is 31.6 Å². The van der Waals surface area contributed by atoms with Gasteiger partial charge in [-0.1, -0.05) is 72.3 Å². The second-order valence-electron chi connectivity index (χ2n) is 8.49. The summed E-state index contributed by atoms with van der Waals surface area (Å²) in [4.78, 5) is 1.89. The van der Waals surface area contributed by atoms with Crippen LogP contribution in [-0.4, -0.2) is 63.7 Å². The van der Waals surface area contributed by atoms with Crippen molar-refractivity contribution in [2.24, 2.45) is 0 Å². The molecule has 0 amide bonds. The van der Waals surface area contributed by atoms with E-state index in [9.17, 15) is 15.3 Å². The van der Waals surface area contributed by atoms with Crippen LogP contribution in [0, 0.1) is 6.92 Å². The monoisotopic (exact) mass is 444 g/mol. The van der Waals surface area contributed by atoms with E-state index >= 15 is 0 Å². The Morgan fingerprint density at radius 2 is 1.42 bits per heavy atom. The van der Waals surface area contributed by atoms with E-state index in [1.54, 1.807) is 0 Å². The smallest absolute Gasteiger partial charge is 0.0846 e. The minimum Gasteiger partial charge on any atom is -0.395 e. The van der Waals surface area contributed by atoms with Crippen LogP contribution in [0.2, 0.25) is 0 Å². The van der Waals surface area contributed by atoms with Gasteiger partial charge in [-0.05, 0) is 30.2 Å². The van der Waals surface area contributed by atoms with Gasteiger partial charge < -0.3 is 19.9 Å². The van der Waals surface area contributed by atoms with Crippen LogP contribution in [0.3, 0.4) is 0 Å². The molecule has 4 aromatic rings.